The molecule has 0 unspecified atom stereocenters. The highest BCUT2D eigenvalue weighted by Gasteiger charge is 2.18. The first-order chi connectivity index (χ1) is 8.24. The number of hydrogen-bond donors (Lipinski definition) is 1. The molecular weight excluding hydrogens is 237 g/mol. The zero-order chi connectivity index (χ0) is 11.8. The predicted octanol–water partition coefficient (Wildman–Crippen LogP) is 2.61. The van der Waals surface area contributed by atoms with Crippen LogP contribution in [0.4, 0.5) is 10.2 Å². The van der Waals surface area contributed by atoms with Crippen LogP contribution in [0.25, 0.3) is 11.4 Å². The van der Waals surface area contributed by atoms with Crippen LogP contribution < -0.4 is 5.73 Å². The van der Waals surface area contributed by atoms with Crippen LogP contribution >= 0.6 is 11.8 Å². The second-order valence-electron chi connectivity index (χ2n) is 3.86. The number of nitrogens with two attached hydrogens (primary N) is 1. The molecule has 2 N–H and O–H groups in total. The van der Waals surface area contributed by atoms with Gasteiger partial charge in [-0.05, 0) is 24.3 Å². The zero-order valence-electron chi connectivity index (χ0n) is 8.98. The lowest BCUT2D eigenvalue weighted by Gasteiger charge is -2.05. The van der Waals surface area contributed by atoms with Crippen molar-refractivity contribution in [1.82, 2.24) is 9.97 Å². The third-order valence-electron chi connectivity index (χ3n) is 2.71. The van der Waals surface area contributed by atoms with Crippen LogP contribution in [0.3, 0.4) is 0 Å². The monoisotopic (exact) mass is 247 g/mol. The van der Waals surface area contributed by atoms with Crippen molar-refractivity contribution >= 4 is 17.6 Å². The van der Waals surface area contributed by atoms with Gasteiger partial charge in [0.2, 0.25) is 0 Å². The molecule has 5 heteroatoms. The maximum Gasteiger partial charge on any atom is 0.161 e. The maximum absolute atomic E-state index is 12.8. The number of fused-ring (bicyclic) bond motifs is 1. The molecule has 0 saturated carbocycles. The van der Waals surface area contributed by atoms with Gasteiger partial charge in [0.15, 0.2) is 5.82 Å². The van der Waals surface area contributed by atoms with Gasteiger partial charge in [0.1, 0.15) is 11.6 Å². The summed E-state index contributed by atoms with van der Waals surface area (Å²) in [7, 11) is 0. The molecular formula is C12H10FN3S. The van der Waals surface area contributed by atoms with Crippen molar-refractivity contribution in [2.75, 3.05) is 5.73 Å². The number of rotatable bonds is 1. The van der Waals surface area contributed by atoms with Crippen LogP contribution in [0.2, 0.25) is 0 Å². The van der Waals surface area contributed by atoms with Gasteiger partial charge < -0.3 is 5.73 Å². The molecule has 0 atom stereocenters. The van der Waals surface area contributed by atoms with Crippen molar-refractivity contribution in [3.63, 3.8) is 0 Å². The Labute approximate surface area is 102 Å². The molecule has 3 nitrogen and oxygen atoms in total. The lowest BCUT2D eigenvalue weighted by atomic mass is 10.2. The van der Waals surface area contributed by atoms with Crippen molar-refractivity contribution in [1.29, 1.82) is 0 Å². The van der Waals surface area contributed by atoms with Gasteiger partial charge in [-0.1, -0.05) is 0 Å². The highest BCUT2D eigenvalue weighted by atomic mass is 32.2. The smallest absolute Gasteiger partial charge is 0.161 e. The van der Waals surface area contributed by atoms with Gasteiger partial charge in [0.05, 0.1) is 5.69 Å². The van der Waals surface area contributed by atoms with Crippen molar-refractivity contribution < 1.29 is 4.39 Å². The van der Waals surface area contributed by atoms with Gasteiger partial charge in [-0.15, -0.1) is 0 Å². The van der Waals surface area contributed by atoms with E-state index in [9.17, 15) is 4.39 Å². The third kappa shape index (κ3) is 1.86. The number of aromatic nitrogens is 2. The minimum Gasteiger partial charge on any atom is -0.383 e. The van der Waals surface area contributed by atoms with Gasteiger partial charge in [0.25, 0.3) is 0 Å². The van der Waals surface area contributed by atoms with Crippen LogP contribution in [-0.2, 0) is 11.5 Å². The Morgan fingerprint density at radius 2 is 1.88 bits per heavy atom. The quantitative estimate of drug-likeness (QED) is 0.841. The fourth-order valence-electron chi connectivity index (χ4n) is 1.80. The lowest BCUT2D eigenvalue weighted by molar-refractivity contribution is 0.628. The first-order valence-electron chi connectivity index (χ1n) is 5.23. The minimum atomic E-state index is -0.265. The summed E-state index contributed by atoms with van der Waals surface area (Å²) in [6, 6.07) is 6.13. The SMILES string of the molecule is Nc1nc(-c2ccc(F)cc2)nc2c1CSC2. The Morgan fingerprint density at radius 1 is 1.12 bits per heavy atom. The summed E-state index contributed by atoms with van der Waals surface area (Å²) in [5, 5.41) is 0. The zero-order valence-corrected chi connectivity index (χ0v) is 9.80. The number of hydrogen-bond acceptors (Lipinski definition) is 4. The van der Waals surface area contributed by atoms with Crippen LogP contribution in [-0.4, -0.2) is 9.97 Å². The summed E-state index contributed by atoms with van der Waals surface area (Å²) in [6.07, 6.45) is 0. The van der Waals surface area contributed by atoms with Gasteiger partial charge in [-0.25, -0.2) is 14.4 Å². The van der Waals surface area contributed by atoms with Gasteiger partial charge in [-0.2, -0.15) is 11.8 Å². The fourth-order valence-corrected chi connectivity index (χ4v) is 2.86. The molecule has 2 heterocycles. The van der Waals surface area contributed by atoms with Crippen molar-refractivity contribution in [2.24, 2.45) is 0 Å². The summed E-state index contributed by atoms with van der Waals surface area (Å²) >= 11 is 1.78. The Kier molecular flexibility index (Phi) is 2.48. The van der Waals surface area contributed by atoms with Crippen LogP contribution in [0.15, 0.2) is 24.3 Å². The predicted molar refractivity (Wildman–Crippen MR) is 66.8 cm³/mol. The molecule has 1 aromatic heterocycles. The van der Waals surface area contributed by atoms with Crippen LogP contribution in [0.5, 0.6) is 0 Å². The Morgan fingerprint density at radius 3 is 2.65 bits per heavy atom. The Bertz CT molecular complexity index is 569. The Balaban J connectivity index is 2.10. The standard InChI is InChI=1S/C12H10FN3S/c13-8-3-1-7(2-4-8)12-15-10-6-17-5-9(10)11(14)16-12/h1-4H,5-6H2,(H2,14,15,16). The van der Waals surface area contributed by atoms with Crippen molar-refractivity contribution in [3.8, 4) is 11.4 Å². The second kappa shape index (κ2) is 4.00. The molecule has 0 radical (unpaired) electrons. The lowest BCUT2D eigenvalue weighted by Crippen LogP contribution is -2.02. The molecule has 0 bridgehead atoms. The Hall–Kier alpha value is -1.62. The van der Waals surface area contributed by atoms with Gasteiger partial charge in [-0.3, -0.25) is 0 Å². The number of nitrogen functional groups attached to an aromatic ring is 1. The summed E-state index contributed by atoms with van der Waals surface area (Å²) in [6.45, 7) is 0. The molecule has 0 aliphatic carbocycles. The van der Waals surface area contributed by atoms with E-state index in [2.05, 4.69) is 9.97 Å². The maximum atomic E-state index is 12.8. The molecule has 1 aliphatic rings. The van der Waals surface area contributed by atoms with Crippen molar-refractivity contribution in [3.05, 3.63) is 41.3 Å². The summed E-state index contributed by atoms with van der Waals surface area (Å²) < 4.78 is 12.8. The van der Waals surface area contributed by atoms with Gasteiger partial charge >= 0.3 is 0 Å². The van der Waals surface area contributed by atoms with Crippen LogP contribution in [0.1, 0.15) is 11.3 Å². The number of halogens is 1. The van der Waals surface area contributed by atoms with E-state index in [-0.39, 0.29) is 5.82 Å². The molecule has 1 aliphatic heterocycles. The molecule has 17 heavy (non-hydrogen) atoms. The molecule has 0 saturated heterocycles. The van der Waals surface area contributed by atoms with E-state index in [0.717, 1.165) is 28.3 Å². The molecule has 0 spiro atoms. The largest absolute Gasteiger partial charge is 0.383 e. The first kappa shape index (κ1) is 10.5. The van der Waals surface area contributed by atoms with E-state index >= 15 is 0 Å². The number of nitrogens with zero attached hydrogens (tertiary/aromatic N) is 2. The summed E-state index contributed by atoms with van der Waals surface area (Å²) in [5.41, 5.74) is 8.74. The average Bonchev–Trinajstić information content (AvgIpc) is 2.78. The summed E-state index contributed by atoms with van der Waals surface area (Å²) in [4.78, 5) is 8.76. The number of thioether (sulfide) groups is 1. The molecule has 0 fully saturated rings. The highest BCUT2D eigenvalue weighted by Crippen LogP contribution is 2.32. The van der Waals surface area contributed by atoms with Crippen molar-refractivity contribution in [2.45, 2.75) is 11.5 Å². The minimum absolute atomic E-state index is 0.265. The average molecular weight is 247 g/mol. The first-order valence-corrected chi connectivity index (χ1v) is 6.38. The van der Waals surface area contributed by atoms with E-state index in [1.165, 1.54) is 12.1 Å². The number of anilines is 1. The molecule has 86 valence electrons. The normalized spacial score (nSPS) is 13.7. The molecule has 1 aromatic carbocycles. The second-order valence-corrected chi connectivity index (χ2v) is 4.84. The number of benzene rings is 1. The van der Waals surface area contributed by atoms with Gasteiger partial charge in [0, 0.05) is 22.6 Å². The molecule has 0 amide bonds. The summed E-state index contributed by atoms with van der Waals surface area (Å²) in [5.74, 6) is 2.60. The topological polar surface area (TPSA) is 51.8 Å². The van der Waals surface area contributed by atoms with E-state index in [1.807, 2.05) is 0 Å². The highest BCUT2D eigenvalue weighted by molar-refractivity contribution is 7.98. The molecule has 2 aromatic rings. The van der Waals surface area contributed by atoms with Crippen LogP contribution in [0, 0.1) is 5.82 Å². The van der Waals surface area contributed by atoms with E-state index in [4.69, 9.17) is 5.73 Å². The van der Waals surface area contributed by atoms with E-state index in [0.29, 0.717) is 11.6 Å². The van der Waals surface area contributed by atoms with E-state index < -0.39 is 0 Å². The third-order valence-corrected chi connectivity index (χ3v) is 3.68. The fraction of sp³-hybridized carbons (Fsp3) is 0.167. The van der Waals surface area contributed by atoms with E-state index in [1.54, 1.807) is 23.9 Å². The molecule has 3 rings (SSSR count).